The van der Waals surface area contributed by atoms with Gasteiger partial charge in [-0.1, -0.05) is 10.8 Å². The van der Waals surface area contributed by atoms with Crippen molar-refractivity contribution in [1.82, 2.24) is 5.43 Å². The molecule has 0 saturated carbocycles. The third kappa shape index (κ3) is 6.14. The zero-order chi connectivity index (χ0) is 8.69. The number of nitrogens with zero attached hydrogens (tertiary/aromatic N) is 1. The number of nitrogens with one attached hydrogen (secondary N) is 1. The molecule has 1 amide bonds. The second-order valence-electron chi connectivity index (χ2n) is 1.31. The van der Waals surface area contributed by atoms with Crippen LogP contribution in [0.4, 0.5) is 4.39 Å². The van der Waals surface area contributed by atoms with Crippen LogP contribution >= 0.6 is 21.6 Å². The van der Waals surface area contributed by atoms with Crippen molar-refractivity contribution in [2.75, 3.05) is 12.9 Å². The number of rotatable bonds is 3. The number of carbonyl (C=O) groups is 1. The second kappa shape index (κ2) is 6.44. The van der Waals surface area contributed by atoms with Gasteiger partial charge in [-0.15, -0.1) is 5.10 Å². The van der Waals surface area contributed by atoms with E-state index in [0.29, 0.717) is 0 Å². The van der Waals surface area contributed by atoms with Crippen LogP contribution in [0.5, 0.6) is 0 Å². The van der Waals surface area contributed by atoms with Gasteiger partial charge in [0.25, 0.3) is 11.2 Å². The Labute approximate surface area is 71.0 Å². The number of carbonyl (C=O) groups excluding carboxylic acids is 1. The Hall–Kier alpha value is -0.270. The number of hydrogen-bond acceptors (Lipinski definition) is 5. The van der Waals surface area contributed by atoms with Gasteiger partial charge in [-0.2, -0.15) is 4.39 Å². The van der Waals surface area contributed by atoms with E-state index >= 15 is 0 Å². The number of amides is 1. The van der Waals surface area contributed by atoms with Gasteiger partial charge in [-0.3, -0.25) is 4.79 Å². The van der Waals surface area contributed by atoms with Crippen LogP contribution in [0.1, 0.15) is 0 Å². The summed E-state index contributed by atoms with van der Waals surface area (Å²) in [6.45, 7) is -0.694. The molecule has 7 heteroatoms. The molecular weight excluding hydrogens is 191 g/mol. The standard InChI is InChI=1S/C4H7FN2O2S2/c1-10-11-4(5)7-6-3(9)2-8/h8H,2H2,1H3,(H,6,9). The summed E-state index contributed by atoms with van der Waals surface area (Å²) in [6, 6.07) is 0. The molecule has 0 aliphatic carbocycles. The Bertz CT molecular complexity index is 164. The van der Waals surface area contributed by atoms with E-state index in [0.717, 1.165) is 10.8 Å². The Balaban J connectivity index is 3.63. The minimum atomic E-state index is -0.751. The number of hydrogen-bond donors (Lipinski definition) is 2. The van der Waals surface area contributed by atoms with Gasteiger partial charge in [0.2, 0.25) is 0 Å². The molecule has 0 aliphatic heterocycles. The molecule has 11 heavy (non-hydrogen) atoms. The molecule has 0 aromatic carbocycles. The average molecular weight is 198 g/mol. The van der Waals surface area contributed by atoms with Gasteiger partial charge in [0.05, 0.1) is 0 Å². The highest BCUT2D eigenvalue weighted by atomic mass is 33.1. The van der Waals surface area contributed by atoms with Crippen LogP contribution in [0.25, 0.3) is 0 Å². The molecule has 0 atom stereocenters. The molecule has 0 rings (SSSR count). The summed E-state index contributed by atoms with van der Waals surface area (Å²) in [5, 5.41) is 10.4. The highest BCUT2D eigenvalue weighted by Crippen LogP contribution is 2.18. The highest BCUT2D eigenvalue weighted by molar-refractivity contribution is 8.81. The fraction of sp³-hybridized carbons (Fsp3) is 0.500. The van der Waals surface area contributed by atoms with Crippen LogP contribution in [0.3, 0.4) is 0 Å². The molecule has 0 aliphatic rings. The van der Waals surface area contributed by atoms with Crippen molar-refractivity contribution in [1.29, 1.82) is 0 Å². The minimum Gasteiger partial charge on any atom is -0.386 e. The van der Waals surface area contributed by atoms with Crippen molar-refractivity contribution in [3.63, 3.8) is 0 Å². The van der Waals surface area contributed by atoms with E-state index in [1.165, 1.54) is 10.8 Å². The van der Waals surface area contributed by atoms with E-state index in [4.69, 9.17) is 5.11 Å². The molecule has 2 N–H and O–H groups in total. The largest absolute Gasteiger partial charge is 0.386 e. The van der Waals surface area contributed by atoms with Gasteiger partial charge in [0.1, 0.15) is 6.61 Å². The summed E-state index contributed by atoms with van der Waals surface area (Å²) >= 11 is 0. The summed E-state index contributed by atoms with van der Waals surface area (Å²) in [5.74, 6) is -0.734. The van der Waals surface area contributed by atoms with Crippen LogP contribution < -0.4 is 5.43 Å². The molecule has 0 spiro atoms. The summed E-state index contributed by atoms with van der Waals surface area (Å²) in [4.78, 5) is 10.3. The fourth-order valence-electron chi connectivity index (χ4n) is 0.229. The second-order valence-corrected chi connectivity index (χ2v) is 3.64. The third-order valence-electron chi connectivity index (χ3n) is 0.564. The first-order valence-corrected chi connectivity index (χ1v) is 5.10. The molecule has 4 nitrogen and oxygen atoms in total. The van der Waals surface area contributed by atoms with Crippen molar-refractivity contribution in [3.8, 4) is 0 Å². The van der Waals surface area contributed by atoms with Gasteiger partial charge >= 0.3 is 0 Å². The topological polar surface area (TPSA) is 61.7 Å². The number of aliphatic hydroxyl groups excluding tert-OH is 1. The number of aliphatic hydroxyl groups is 1. The van der Waals surface area contributed by atoms with Gasteiger partial charge < -0.3 is 5.11 Å². The van der Waals surface area contributed by atoms with Gasteiger partial charge in [0, 0.05) is 0 Å². The SMILES string of the molecule is CSSC(F)=NNC(=O)CO. The summed E-state index contributed by atoms with van der Waals surface area (Å²) in [5.41, 5.74) is 1.81. The zero-order valence-electron chi connectivity index (χ0n) is 5.70. The Morgan fingerprint density at radius 1 is 1.82 bits per heavy atom. The molecule has 0 aromatic heterocycles. The first-order valence-electron chi connectivity index (χ1n) is 2.54. The molecular formula is C4H7FN2O2S2. The molecule has 0 radical (unpaired) electrons. The van der Waals surface area contributed by atoms with Gasteiger partial charge in [-0.05, 0) is 17.0 Å². The Kier molecular flexibility index (Phi) is 6.28. The summed E-state index contributed by atoms with van der Waals surface area (Å²) < 4.78 is 12.3. The Morgan fingerprint density at radius 3 is 2.91 bits per heavy atom. The van der Waals surface area contributed by atoms with E-state index in [-0.39, 0.29) is 0 Å². The van der Waals surface area contributed by atoms with E-state index in [1.54, 1.807) is 11.7 Å². The molecule has 0 fully saturated rings. The van der Waals surface area contributed by atoms with Crippen LogP contribution in [0.2, 0.25) is 0 Å². The van der Waals surface area contributed by atoms with Crippen LogP contribution in [0.15, 0.2) is 5.10 Å². The van der Waals surface area contributed by atoms with Crippen LogP contribution in [-0.2, 0) is 4.79 Å². The zero-order valence-corrected chi connectivity index (χ0v) is 7.34. The lowest BCUT2D eigenvalue weighted by atomic mass is 10.7. The van der Waals surface area contributed by atoms with E-state index in [2.05, 4.69) is 5.10 Å². The van der Waals surface area contributed by atoms with Crippen LogP contribution in [-0.4, -0.2) is 29.2 Å². The average Bonchev–Trinajstić information content (AvgIpc) is 2.01. The maximum atomic E-state index is 12.3. The molecule has 0 unspecified atom stereocenters. The van der Waals surface area contributed by atoms with E-state index in [9.17, 15) is 9.18 Å². The van der Waals surface area contributed by atoms with E-state index in [1.807, 2.05) is 0 Å². The van der Waals surface area contributed by atoms with Crippen molar-refractivity contribution in [3.05, 3.63) is 0 Å². The highest BCUT2D eigenvalue weighted by Gasteiger charge is 1.98. The first-order chi connectivity index (χ1) is 5.20. The van der Waals surface area contributed by atoms with Crippen molar-refractivity contribution in [2.45, 2.75) is 0 Å². The summed E-state index contributed by atoms with van der Waals surface area (Å²) in [7, 11) is 1.95. The lowest BCUT2D eigenvalue weighted by Gasteiger charge is -1.93. The van der Waals surface area contributed by atoms with Gasteiger partial charge in [0.15, 0.2) is 0 Å². The predicted molar refractivity (Wildman–Crippen MR) is 44.9 cm³/mol. The lowest BCUT2D eigenvalue weighted by molar-refractivity contribution is -0.123. The van der Waals surface area contributed by atoms with Crippen LogP contribution in [0, 0.1) is 0 Å². The maximum absolute atomic E-state index is 12.3. The predicted octanol–water partition coefficient (Wildman–Crippen LogP) is 0.347. The first kappa shape index (κ1) is 10.7. The molecule has 0 saturated heterocycles. The molecule has 64 valence electrons. The summed E-state index contributed by atoms with van der Waals surface area (Å²) in [6.07, 6.45) is 1.67. The fourth-order valence-corrected chi connectivity index (χ4v) is 0.974. The van der Waals surface area contributed by atoms with E-state index < -0.39 is 17.8 Å². The molecule has 0 heterocycles. The third-order valence-corrected chi connectivity index (χ3v) is 1.87. The lowest BCUT2D eigenvalue weighted by Crippen LogP contribution is -2.21. The minimum absolute atomic E-state index is 0.694. The number of halogens is 1. The monoisotopic (exact) mass is 198 g/mol. The van der Waals surface area contributed by atoms with Crippen molar-refractivity contribution < 1.29 is 14.3 Å². The Morgan fingerprint density at radius 2 is 2.45 bits per heavy atom. The normalized spacial score (nSPS) is 11.4. The maximum Gasteiger partial charge on any atom is 0.275 e. The van der Waals surface area contributed by atoms with Crippen molar-refractivity contribution >= 4 is 32.8 Å². The number of hydrazone groups is 1. The van der Waals surface area contributed by atoms with Crippen molar-refractivity contribution in [2.24, 2.45) is 5.10 Å². The molecule has 0 aromatic rings. The quantitative estimate of drug-likeness (QED) is 0.297. The van der Waals surface area contributed by atoms with Gasteiger partial charge in [-0.25, -0.2) is 5.43 Å². The molecule has 0 bridgehead atoms. The smallest absolute Gasteiger partial charge is 0.275 e.